The highest BCUT2D eigenvalue weighted by atomic mass is 16.5. The number of aromatic nitrogens is 4. The molecule has 27 heavy (non-hydrogen) atoms. The number of methoxy groups -OCH3 is 1. The Bertz CT molecular complexity index is 1290. The molecule has 3 aromatic heterocycles. The van der Waals surface area contributed by atoms with Gasteiger partial charge in [0.1, 0.15) is 11.6 Å². The van der Waals surface area contributed by atoms with Crippen LogP contribution in [0, 0.1) is 0 Å². The van der Waals surface area contributed by atoms with Gasteiger partial charge < -0.3 is 9.30 Å². The van der Waals surface area contributed by atoms with Gasteiger partial charge in [0.15, 0.2) is 0 Å². The molecule has 0 N–H and O–H groups in total. The summed E-state index contributed by atoms with van der Waals surface area (Å²) in [6.07, 6.45) is 3.63. The highest BCUT2D eigenvalue weighted by molar-refractivity contribution is 6.21. The van der Waals surface area contributed by atoms with Gasteiger partial charge in [0, 0.05) is 35.3 Å². The maximum absolute atomic E-state index is 5.29. The molecule has 0 aliphatic carbocycles. The third-order valence-corrected chi connectivity index (χ3v) is 4.98. The standard InChI is InChI=1S/C22H18N4O/c1-3-26-21-17-7-5-13-24-19(17)18-16(6-4-12-23-18)20(21)25-22(26)14-8-10-15(27-2)11-9-14/h4-13H,3H2,1-2H3. The van der Waals surface area contributed by atoms with Gasteiger partial charge in [-0.15, -0.1) is 0 Å². The Morgan fingerprint density at radius 2 is 1.52 bits per heavy atom. The van der Waals surface area contributed by atoms with Crippen LogP contribution in [0.3, 0.4) is 0 Å². The molecule has 0 radical (unpaired) electrons. The number of ether oxygens (including phenoxy) is 1. The van der Waals surface area contributed by atoms with Gasteiger partial charge in [-0.2, -0.15) is 0 Å². The number of pyridine rings is 2. The van der Waals surface area contributed by atoms with E-state index in [9.17, 15) is 0 Å². The van der Waals surface area contributed by atoms with Gasteiger partial charge in [-0.1, -0.05) is 0 Å². The molecule has 0 spiro atoms. The Hall–Kier alpha value is -3.47. The normalized spacial score (nSPS) is 11.5. The van der Waals surface area contributed by atoms with Crippen molar-refractivity contribution in [1.82, 2.24) is 19.5 Å². The minimum Gasteiger partial charge on any atom is -0.497 e. The molecule has 0 aliphatic rings. The maximum Gasteiger partial charge on any atom is 0.141 e. The predicted molar refractivity (Wildman–Crippen MR) is 108 cm³/mol. The van der Waals surface area contributed by atoms with Crippen molar-refractivity contribution in [2.45, 2.75) is 13.5 Å². The Balaban J connectivity index is 1.94. The summed E-state index contributed by atoms with van der Waals surface area (Å²) in [5.41, 5.74) is 4.93. The maximum atomic E-state index is 5.29. The average Bonchev–Trinajstić information content (AvgIpc) is 3.14. The van der Waals surface area contributed by atoms with Crippen molar-refractivity contribution in [1.29, 1.82) is 0 Å². The zero-order valence-electron chi connectivity index (χ0n) is 15.2. The van der Waals surface area contributed by atoms with Crippen molar-refractivity contribution in [3.63, 3.8) is 0 Å². The van der Waals surface area contributed by atoms with Gasteiger partial charge in [0.2, 0.25) is 0 Å². The number of aryl methyl sites for hydroxylation is 1. The van der Waals surface area contributed by atoms with Crippen LogP contribution in [-0.4, -0.2) is 26.6 Å². The van der Waals surface area contributed by atoms with E-state index in [4.69, 9.17) is 9.72 Å². The number of fused-ring (bicyclic) bond motifs is 6. The highest BCUT2D eigenvalue weighted by Crippen LogP contribution is 2.35. The molecule has 132 valence electrons. The SMILES string of the molecule is CCn1c(-c2ccc(OC)cc2)nc2c3cccnc3c3ncccc3c21. The Labute approximate surface area is 156 Å². The summed E-state index contributed by atoms with van der Waals surface area (Å²) in [4.78, 5) is 14.3. The number of hydrogen-bond acceptors (Lipinski definition) is 4. The van der Waals surface area contributed by atoms with Crippen LogP contribution in [0.25, 0.3) is 44.2 Å². The van der Waals surface area contributed by atoms with Crippen LogP contribution in [-0.2, 0) is 6.54 Å². The molecule has 0 amide bonds. The molecule has 0 aliphatic heterocycles. The molecular formula is C22H18N4O. The van der Waals surface area contributed by atoms with Gasteiger partial charge >= 0.3 is 0 Å². The summed E-state index contributed by atoms with van der Waals surface area (Å²) in [5.74, 6) is 1.78. The fraction of sp³-hybridized carbons (Fsp3) is 0.136. The van der Waals surface area contributed by atoms with Crippen LogP contribution in [0.1, 0.15) is 6.92 Å². The lowest BCUT2D eigenvalue weighted by molar-refractivity contribution is 0.415. The summed E-state index contributed by atoms with van der Waals surface area (Å²) < 4.78 is 7.55. The van der Waals surface area contributed by atoms with Crippen LogP contribution < -0.4 is 4.74 Å². The van der Waals surface area contributed by atoms with E-state index in [0.717, 1.165) is 56.5 Å². The van der Waals surface area contributed by atoms with Crippen molar-refractivity contribution in [2.24, 2.45) is 0 Å². The van der Waals surface area contributed by atoms with Crippen molar-refractivity contribution < 1.29 is 4.74 Å². The summed E-state index contributed by atoms with van der Waals surface area (Å²) in [7, 11) is 1.68. The van der Waals surface area contributed by atoms with E-state index in [0.29, 0.717) is 0 Å². The molecule has 0 unspecified atom stereocenters. The van der Waals surface area contributed by atoms with Crippen molar-refractivity contribution in [2.75, 3.05) is 7.11 Å². The van der Waals surface area contributed by atoms with Crippen LogP contribution in [0.4, 0.5) is 0 Å². The Kier molecular flexibility index (Phi) is 3.53. The zero-order chi connectivity index (χ0) is 18.4. The van der Waals surface area contributed by atoms with Gasteiger partial charge in [0.25, 0.3) is 0 Å². The Morgan fingerprint density at radius 3 is 2.19 bits per heavy atom. The minimum absolute atomic E-state index is 0.813. The molecule has 0 bridgehead atoms. The third-order valence-electron chi connectivity index (χ3n) is 4.98. The quantitative estimate of drug-likeness (QED) is 0.436. The van der Waals surface area contributed by atoms with E-state index in [1.54, 1.807) is 7.11 Å². The molecule has 5 rings (SSSR count). The monoisotopic (exact) mass is 354 g/mol. The van der Waals surface area contributed by atoms with E-state index in [1.807, 2.05) is 48.8 Å². The second-order valence-corrected chi connectivity index (χ2v) is 6.40. The lowest BCUT2D eigenvalue weighted by atomic mass is 10.1. The van der Waals surface area contributed by atoms with Gasteiger partial charge in [-0.25, -0.2) is 4.98 Å². The summed E-state index contributed by atoms with van der Waals surface area (Å²) >= 11 is 0. The first-order valence-electron chi connectivity index (χ1n) is 8.98. The first-order chi connectivity index (χ1) is 13.3. The summed E-state index contributed by atoms with van der Waals surface area (Å²) in [6.45, 7) is 2.96. The third kappa shape index (κ3) is 2.28. The van der Waals surface area contributed by atoms with E-state index >= 15 is 0 Å². The molecular weight excluding hydrogens is 336 g/mol. The fourth-order valence-electron chi connectivity index (χ4n) is 3.75. The van der Waals surface area contributed by atoms with Crippen LogP contribution in [0.5, 0.6) is 5.75 Å². The number of hydrogen-bond donors (Lipinski definition) is 0. The number of rotatable bonds is 3. The first-order valence-corrected chi connectivity index (χ1v) is 8.98. The van der Waals surface area contributed by atoms with Crippen molar-refractivity contribution in [3.05, 3.63) is 60.9 Å². The molecule has 5 aromatic rings. The molecule has 0 fully saturated rings. The zero-order valence-corrected chi connectivity index (χ0v) is 15.2. The number of nitrogens with zero attached hydrogens (tertiary/aromatic N) is 4. The molecule has 5 nitrogen and oxygen atoms in total. The van der Waals surface area contributed by atoms with Gasteiger partial charge in [-0.05, 0) is 55.5 Å². The van der Waals surface area contributed by atoms with Crippen LogP contribution in [0.15, 0.2) is 60.9 Å². The van der Waals surface area contributed by atoms with Gasteiger partial charge in [-0.3, -0.25) is 9.97 Å². The number of benzene rings is 2. The van der Waals surface area contributed by atoms with E-state index < -0.39 is 0 Å². The van der Waals surface area contributed by atoms with Crippen LogP contribution >= 0.6 is 0 Å². The molecule has 0 saturated heterocycles. The van der Waals surface area contributed by atoms with Crippen molar-refractivity contribution in [3.8, 4) is 17.1 Å². The van der Waals surface area contributed by atoms with E-state index in [1.165, 1.54) is 0 Å². The first kappa shape index (κ1) is 15.8. The average molecular weight is 354 g/mol. The minimum atomic E-state index is 0.813. The highest BCUT2D eigenvalue weighted by Gasteiger charge is 2.18. The van der Waals surface area contributed by atoms with Gasteiger partial charge in [0.05, 0.1) is 29.2 Å². The lowest BCUT2D eigenvalue weighted by Gasteiger charge is -2.09. The fourth-order valence-corrected chi connectivity index (χ4v) is 3.75. The molecule has 2 aromatic carbocycles. The molecule has 0 atom stereocenters. The largest absolute Gasteiger partial charge is 0.497 e. The molecule has 0 saturated carbocycles. The molecule has 5 heteroatoms. The molecule has 3 heterocycles. The second-order valence-electron chi connectivity index (χ2n) is 6.40. The smallest absolute Gasteiger partial charge is 0.141 e. The summed E-state index contributed by atoms with van der Waals surface area (Å²) in [5, 5.41) is 2.11. The summed E-state index contributed by atoms with van der Waals surface area (Å²) in [6, 6.07) is 16.1. The van der Waals surface area contributed by atoms with Crippen molar-refractivity contribution >= 4 is 32.8 Å². The second kappa shape index (κ2) is 6.06. The number of imidazole rings is 1. The van der Waals surface area contributed by atoms with E-state index in [-0.39, 0.29) is 0 Å². The Morgan fingerprint density at radius 1 is 0.852 bits per heavy atom. The lowest BCUT2D eigenvalue weighted by Crippen LogP contribution is -1.98. The van der Waals surface area contributed by atoms with Crippen LogP contribution in [0.2, 0.25) is 0 Å². The van der Waals surface area contributed by atoms with E-state index in [2.05, 4.69) is 33.6 Å². The predicted octanol–water partition coefficient (Wildman–Crippen LogP) is 4.83. The topological polar surface area (TPSA) is 52.8 Å².